The van der Waals surface area contributed by atoms with Crippen LogP contribution in [-0.4, -0.2) is 59.5 Å². The van der Waals surface area contributed by atoms with Gasteiger partial charge in [0, 0.05) is 43.0 Å². The molecule has 0 bridgehead atoms. The molecule has 1 atom stereocenters. The van der Waals surface area contributed by atoms with Gasteiger partial charge in [0.2, 0.25) is 5.91 Å². The van der Waals surface area contributed by atoms with Crippen LogP contribution in [0, 0.1) is 24.2 Å². The lowest BCUT2D eigenvalue weighted by molar-refractivity contribution is -0.120. The van der Waals surface area contributed by atoms with Crippen molar-refractivity contribution in [3.63, 3.8) is 0 Å². The van der Waals surface area contributed by atoms with E-state index < -0.39 is 6.04 Å². The van der Waals surface area contributed by atoms with Gasteiger partial charge in [-0.2, -0.15) is 9.64 Å². The molecule has 8 heteroatoms. The molecule has 1 saturated heterocycles. The molecular formula is C26H38N6OS. The first kappa shape index (κ1) is 26.1. The van der Waals surface area contributed by atoms with Crippen LogP contribution >= 0.6 is 11.5 Å². The zero-order valence-electron chi connectivity index (χ0n) is 21.3. The Morgan fingerprint density at radius 3 is 2.35 bits per heavy atom. The van der Waals surface area contributed by atoms with Crippen LogP contribution in [0.25, 0.3) is 11.1 Å². The van der Waals surface area contributed by atoms with Gasteiger partial charge in [-0.05, 0) is 69.3 Å². The number of aryl methyl sites for hydroxylation is 1. The van der Waals surface area contributed by atoms with Crippen molar-refractivity contribution in [3.8, 4) is 17.2 Å². The van der Waals surface area contributed by atoms with Crippen molar-refractivity contribution < 1.29 is 4.79 Å². The molecule has 1 aromatic heterocycles. The number of carbonyl (C=O) groups excluding carboxylic acids is 1. The summed E-state index contributed by atoms with van der Waals surface area (Å²) >= 11 is 1.25. The lowest BCUT2D eigenvalue weighted by Crippen LogP contribution is -2.53. The van der Waals surface area contributed by atoms with Gasteiger partial charge in [-0.3, -0.25) is 14.6 Å². The average molecular weight is 483 g/mol. The summed E-state index contributed by atoms with van der Waals surface area (Å²) in [5, 5.41) is 10.1. The molecule has 1 aromatic carbocycles. The van der Waals surface area contributed by atoms with E-state index in [0.29, 0.717) is 17.3 Å². The number of amides is 1. The molecule has 1 fully saturated rings. The first-order valence-electron chi connectivity index (χ1n) is 12.0. The van der Waals surface area contributed by atoms with E-state index >= 15 is 0 Å². The molecule has 1 amide bonds. The van der Waals surface area contributed by atoms with Crippen LogP contribution in [0.5, 0.6) is 0 Å². The predicted molar refractivity (Wildman–Crippen MR) is 141 cm³/mol. The molecule has 34 heavy (non-hydrogen) atoms. The number of aromatic nitrogens is 1. The molecule has 1 aliphatic rings. The smallest absolute Gasteiger partial charge is 0.245 e. The fourth-order valence-corrected chi connectivity index (χ4v) is 5.40. The fourth-order valence-electron chi connectivity index (χ4n) is 4.48. The van der Waals surface area contributed by atoms with Gasteiger partial charge >= 0.3 is 0 Å². The summed E-state index contributed by atoms with van der Waals surface area (Å²) in [5.41, 5.74) is 10.3. The number of rotatable bonds is 7. The Kier molecular flexibility index (Phi) is 8.34. The van der Waals surface area contributed by atoms with Crippen LogP contribution in [0.15, 0.2) is 24.3 Å². The van der Waals surface area contributed by atoms with E-state index in [2.05, 4.69) is 65.3 Å². The van der Waals surface area contributed by atoms with Crippen molar-refractivity contribution in [2.75, 3.05) is 42.5 Å². The van der Waals surface area contributed by atoms with Gasteiger partial charge < -0.3 is 10.6 Å². The highest BCUT2D eigenvalue weighted by Crippen LogP contribution is 2.38. The zero-order chi connectivity index (χ0) is 25.0. The van der Waals surface area contributed by atoms with Crippen LogP contribution in [0.4, 0.5) is 10.7 Å². The van der Waals surface area contributed by atoms with E-state index in [4.69, 9.17) is 5.73 Å². The number of benzene rings is 1. The number of hydrogen-bond donors (Lipinski definition) is 1. The normalized spacial score (nSPS) is 15.9. The third-order valence-corrected chi connectivity index (χ3v) is 7.34. The summed E-state index contributed by atoms with van der Waals surface area (Å²) in [6.07, 6.45) is 0.574. The second-order valence-electron chi connectivity index (χ2n) is 10.5. The summed E-state index contributed by atoms with van der Waals surface area (Å²) in [6, 6.07) is 9.96. The van der Waals surface area contributed by atoms with Crippen molar-refractivity contribution >= 4 is 28.1 Å². The van der Waals surface area contributed by atoms with E-state index in [1.165, 1.54) is 22.1 Å². The minimum absolute atomic E-state index is 0.0462. The molecule has 0 radical (unpaired) electrons. The average Bonchev–Trinajstić information content (AvgIpc) is 3.17. The quantitative estimate of drug-likeness (QED) is 0.593. The predicted octanol–water partition coefficient (Wildman–Crippen LogP) is 4.27. The van der Waals surface area contributed by atoms with Gasteiger partial charge in [-0.15, -0.1) is 0 Å². The zero-order valence-corrected chi connectivity index (χ0v) is 22.2. The lowest BCUT2D eigenvalue weighted by Gasteiger charge is -2.43. The lowest BCUT2D eigenvalue weighted by atomic mass is 10.0. The molecule has 7 nitrogen and oxygen atoms in total. The summed E-state index contributed by atoms with van der Waals surface area (Å²) < 4.78 is 4.52. The van der Waals surface area contributed by atoms with Gasteiger partial charge in [-0.25, -0.2) is 0 Å². The Morgan fingerprint density at radius 1 is 1.21 bits per heavy atom. The summed E-state index contributed by atoms with van der Waals surface area (Å²) in [7, 11) is 0. The second kappa shape index (κ2) is 10.9. The van der Waals surface area contributed by atoms with E-state index in [1.807, 2.05) is 20.8 Å². The van der Waals surface area contributed by atoms with Crippen molar-refractivity contribution in [2.24, 2.45) is 11.7 Å². The van der Waals surface area contributed by atoms with Crippen LogP contribution in [-0.2, 0) is 4.79 Å². The topological polar surface area (TPSA) is 89.5 Å². The molecule has 0 aliphatic carbocycles. The summed E-state index contributed by atoms with van der Waals surface area (Å²) in [5.74, 6) is 0.0665. The monoisotopic (exact) mass is 482 g/mol. The Labute approximate surface area is 208 Å². The Hall–Kier alpha value is -2.47. The largest absolute Gasteiger partial charge is 0.369 e. The fraction of sp³-hybridized carbons (Fsp3) is 0.577. The molecule has 1 aliphatic heterocycles. The van der Waals surface area contributed by atoms with Crippen LogP contribution in [0.3, 0.4) is 0 Å². The van der Waals surface area contributed by atoms with Gasteiger partial charge in [0.25, 0.3) is 0 Å². The van der Waals surface area contributed by atoms with Gasteiger partial charge in [0.05, 0.1) is 17.8 Å². The summed E-state index contributed by atoms with van der Waals surface area (Å²) in [6.45, 7) is 16.9. The van der Waals surface area contributed by atoms with Crippen molar-refractivity contribution in [1.82, 2.24) is 9.27 Å². The van der Waals surface area contributed by atoms with Crippen molar-refractivity contribution in [3.05, 3.63) is 30.0 Å². The highest BCUT2D eigenvalue weighted by Gasteiger charge is 2.29. The minimum atomic E-state index is -0.641. The van der Waals surface area contributed by atoms with Crippen molar-refractivity contribution in [1.29, 1.82) is 5.26 Å². The van der Waals surface area contributed by atoms with E-state index in [0.717, 1.165) is 43.0 Å². The third kappa shape index (κ3) is 5.96. The molecule has 2 aromatic rings. The van der Waals surface area contributed by atoms with Gasteiger partial charge in [0.1, 0.15) is 11.5 Å². The van der Waals surface area contributed by atoms with E-state index in [9.17, 15) is 10.1 Å². The minimum Gasteiger partial charge on any atom is -0.369 e. The van der Waals surface area contributed by atoms with Crippen molar-refractivity contribution in [2.45, 2.75) is 59.5 Å². The van der Waals surface area contributed by atoms with Gasteiger partial charge in [-0.1, -0.05) is 26.0 Å². The Bertz CT molecular complexity index is 1010. The second-order valence-corrected chi connectivity index (χ2v) is 11.2. The maximum Gasteiger partial charge on any atom is 0.245 e. The number of piperazine rings is 1. The number of nitrogens with zero attached hydrogens (tertiary/aromatic N) is 5. The maximum absolute atomic E-state index is 13.1. The van der Waals surface area contributed by atoms with Crippen LogP contribution in [0.2, 0.25) is 0 Å². The highest BCUT2D eigenvalue weighted by molar-refractivity contribution is 7.11. The first-order valence-corrected chi connectivity index (χ1v) is 12.8. The van der Waals surface area contributed by atoms with Crippen LogP contribution in [0.1, 0.15) is 46.7 Å². The molecular weight excluding hydrogens is 444 g/mol. The van der Waals surface area contributed by atoms with Gasteiger partial charge in [0.15, 0.2) is 0 Å². The van der Waals surface area contributed by atoms with Crippen LogP contribution < -0.4 is 15.5 Å². The summed E-state index contributed by atoms with van der Waals surface area (Å²) in [4.78, 5) is 19.6. The Balaban J connectivity index is 1.83. The number of carbonyl (C=O) groups is 1. The standard InChI is InChI=1S/C26H38N6OS/c1-18(2)17-22(28)24(33)32(12-11-27)25-23(19(3)29-34-25)20-7-9-21(10-8-20)30-13-15-31(16-14-30)26(4,5)6/h7-10,18,22H,12-17,28H2,1-6H3/t22-/m0/s1. The molecule has 2 heterocycles. The molecule has 0 unspecified atom stereocenters. The van der Waals surface area contributed by atoms with E-state index in [-0.39, 0.29) is 18.0 Å². The highest BCUT2D eigenvalue weighted by atomic mass is 32.1. The number of nitriles is 1. The maximum atomic E-state index is 13.1. The SMILES string of the molecule is Cc1nsc(N(CC#N)C(=O)[C@@H](N)CC(C)C)c1-c1ccc(N2CCN(C(C)(C)C)CC2)cc1. The number of hydrogen-bond acceptors (Lipinski definition) is 7. The number of anilines is 2. The Morgan fingerprint density at radius 2 is 1.82 bits per heavy atom. The number of nitrogens with two attached hydrogens (primary N) is 1. The molecule has 2 N–H and O–H groups in total. The molecule has 184 valence electrons. The molecule has 3 rings (SSSR count). The molecule has 0 spiro atoms. The first-order chi connectivity index (χ1) is 16.0. The molecule has 0 saturated carbocycles. The van der Waals surface area contributed by atoms with E-state index in [1.54, 1.807) is 0 Å². The third-order valence-electron chi connectivity index (χ3n) is 6.38.